The van der Waals surface area contributed by atoms with Crippen LogP contribution < -0.4 is 11.1 Å². The van der Waals surface area contributed by atoms with Gasteiger partial charge in [-0.1, -0.05) is 48.5 Å². The molecule has 0 aliphatic carbocycles. The van der Waals surface area contributed by atoms with Crippen LogP contribution in [-0.2, 0) is 6.42 Å². The predicted octanol–water partition coefficient (Wildman–Crippen LogP) is 2.56. The molecule has 0 aliphatic rings. The topological polar surface area (TPSA) is 58.3 Å². The maximum absolute atomic E-state index is 9.99. The Morgan fingerprint density at radius 1 is 1.00 bits per heavy atom. The highest BCUT2D eigenvalue weighted by Gasteiger charge is 2.05. The molecule has 3 nitrogen and oxygen atoms in total. The molecule has 2 aromatic rings. The van der Waals surface area contributed by atoms with Gasteiger partial charge in [0.1, 0.15) is 0 Å². The molecule has 0 aromatic heterocycles. The van der Waals surface area contributed by atoms with Gasteiger partial charge < -0.3 is 16.2 Å². The van der Waals surface area contributed by atoms with Crippen molar-refractivity contribution in [3.05, 3.63) is 65.7 Å². The predicted molar refractivity (Wildman–Crippen MR) is 86.1 cm³/mol. The summed E-state index contributed by atoms with van der Waals surface area (Å²) in [6, 6.07) is 17.5. The van der Waals surface area contributed by atoms with Crippen molar-refractivity contribution in [2.75, 3.05) is 18.8 Å². The van der Waals surface area contributed by atoms with Crippen LogP contribution in [0.4, 0.5) is 5.69 Å². The van der Waals surface area contributed by atoms with E-state index in [0.717, 1.165) is 29.8 Å². The minimum Gasteiger partial charge on any atom is -0.399 e. The number of rotatable bonds is 6. The van der Waals surface area contributed by atoms with Crippen LogP contribution >= 0.6 is 12.4 Å². The molecule has 0 radical (unpaired) electrons. The molecule has 0 heterocycles. The van der Waals surface area contributed by atoms with Gasteiger partial charge in [0.15, 0.2) is 0 Å². The Balaban J connectivity index is 0.00000200. The summed E-state index contributed by atoms with van der Waals surface area (Å²) in [5.41, 5.74) is 8.79. The Bertz CT molecular complexity index is 505. The lowest BCUT2D eigenvalue weighted by atomic mass is 10.1. The molecule has 0 bridgehead atoms. The molecule has 4 N–H and O–H groups in total. The van der Waals surface area contributed by atoms with Crippen LogP contribution in [0.3, 0.4) is 0 Å². The van der Waals surface area contributed by atoms with Gasteiger partial charge in [-0.25, -0.2) is 0 Å². The number of nitrogens with two attached hydrogens (primary N) is 1. The first-order chi connectivity index (χ1) is 9.27. The van der Waals surface area contributed by atoms with Gasteiger partial charge in [-0.15, -0.1) is 12.4 Å². The summed E-state index contributed by atoms with van der Waals surface area (Å²) in [6.07, 6.45) is 0.406. The van der Waals surface area contributed by atoms with Crippen LogP contribution in [0.5, 0.6) is 0 Å². The Labute approximate surface area is 126 Å². The number of aliphatic hydroxyl groups is 1. The summed E-state index contributed by atoms with van der Waals surface area (Å²) in [5.74, 6) is 0. The molecule has 4 heteroatoms. The molecular weight excluding hydrogens is 272 g/mol. The van der Waals surface area contributed by atoms with E-state index in [2.05, 4.69) is 5.32 Å². The standard InChI is InChI=1S/C16H20N2O.ClH/c17-15-9-5-4-6-13(15)10-11-18-12-16(19)14-7-2-1-3-8-14;/h1-9,16,18-19H,10-12,17H2;1H/t16-;/m0./s1. The van der Waals surface area contributed by atoms with Crippen molar-refractivity contribution < 1.29 is 5.11 Å². The zero-order valence-electron chi connectivity index (χ0n) is 11.3. The lowest BCUT2D eigenvalue weighted by Gasteiger charge is -2.12. The summed E-state index contributed by atoms with van der Waals surface area (Å²) in [5, 5.41) is 13.2. The van der Waals surface area contributed by atoms with Crippen molar-refractivity contribution in [1.82, 2.24) is 5.32 Å². The Morgan fingerprint density at radius 2 is 1.65 bits per heavy atom. The number of nitrogens with one attached hydrogen (secondary N) is 1. The summed E-state index contributed by atoms with van der Waals surface area (Å²) in [7, 11) is 0. The fourth-order valence-electron chi connectivity index (χ4n) is 2.02. The van der Waals surface area contributed by atoms with E-state index < -0.39 is 6.10 Å². The molecule has 2 aromatic carbocycles. The van der Waals surface area contributed by atoms with E-state index in [-0.39, 0.29) is 12.4 Å². The van der Waals surface area contributed by atoms with Gasteiger partial charge in [0, 0.05) is 12.2 Å². The Hall–Kier alpha value is -1.55. The summed E-state index contributed by atoms with van der Waals surface area (Å²) in [6.45, 7) is 1.36. The SMILES string of the molecule is Cl.Nc1ccccc1CCNC[C@H](O)c1ccccc1. The Morgan fingerprint density at radius 3 is 2.35 bits per heavy atom. The minimum atomic E-state index is -0.464. The highest BCUT2D eigenvalue weighted by molar-refractivity contribution is 5.85. The van der Waals surface area contributed by atoms with E-state index in [0.29, 0.717) is 6.54 Å². The van der Waals surface area contributed by atoms with Crippen LogP contribution in [0.15, 0.2) is 54.6 Å². The lowest BCUT2D eigenvalue weighted by molar-refractivity contribution is 0.175. The lowest BCUT2D eigenvalue weighted by Crippen LogP contribution is -2.23. The van der Waals surface area contributed by atoms with Crippen molar-refractivity contribution in [3.8, 4) is 0 Å². The molecule has 1 atom stereocenters. The fraction of sp³-hybridized carbons (Fsp3) is 0.250. The largest absolute Gasteiger partial charge is 0.399 e. The van der Waals surface area contributed by atoms with Crippen molar-refractivity contribution in [2.45, 2.75) is 12.5 Å². The third-order valence-corrected chi connectivity index (χ3v) is 3.15. The van der Waals surface area contributed by atoms with Gasteiger partial charge >= 0.3 is 0 Å². The maximum atomic E-state index is 9.99. The van der Waals surface area contributed by atoms with Gasteiger partial charge in [0.25, 0.3) is 0 Å². The average molecular weight is 293 g/mol. The number of anilines is 1. The molecule has 20 heavy (non-hydrogen) atoms. The first-order valence-corrected chi connectivity index (χ1v) is 6.54. The Kier molecular flexibility index (Phi) is 7.09. The zero-order chi connectivity index (χ0) is 13.5. The first kappa shape index (κ1) is 16.5. The second-order valence-corrected chi connectivity index (χ2v) is 4.58. The molecule has 0 amide bonds. The van der Waals surface area contributed by atoms with E-state index in [1.54, 1.807) is 0 Å². The highest BCUT2D eigenvalue weighted by atomic mass is 35.5. The second-order valence-electron chi connectivity index (χ2n) is 4.58. The van der Waals surface area contributed by atoms with Crippen LogP contribution in [0.25, 0.3) is 0 Å². The van der Waals surface area contributed by atoms with Gasteiger partial charge in [0.05, 0.1) is 6.10 Å². The van der Waals surface area contributed by atoms with Gasteiger partial charge in [-0.2, -0.15) is 0 Å². The molecular formula is C16H21ClN2O. The quantitative estimate of drug-likeness (QED) is 0.566. The highest BCUT2D eigenvalue weighted by Crippen LogP contribution is 2.12. The van der Waals surface area contributed by atoms with E-state index >= 15 is 0 Å². The number of aliphatic hydroxyl groups excluding tert-OH is 1. The number of benzene rings is 2. The molecule has 0 saturated carbocycles. The van der Waals surface area contributed by atoms with E-state index in [9.17, 15) is 5.11 Å². The third-order valence-electron chi connectivity index (χ3n) is 3.15. The van der Waals surface area contributed by atoms with Crippen molar-refractivity contribution in [3.63, 3.8) is 0 Å². The molecule has 2 rings (SSSR count). The molecule has 0 unspecified atom stereocenters. The second kappa shape index (κ2) is 8.59. The van der Waals surface area contributed by atoms with Crippen LogP contribution in [-0.4, -0.2) is 18.2 Å². The van der Waals surface area contributed by atoms with Crippen LogP contribution in [0, 0.1) is 0 Å². The molecule has 0 fully saturated rings. The average Bonchev–Trinajstić information content (AvgIpc) is 2.46. The molecule has 0 spiro atoms. The van der Waals surface area contributed by atoms with Gasteiger partial charge in [0.2, 0.25) is 0 Å². The normalized spacial score (nSPS) is 11.7. The molecule has 0 aliphatic heterocycles. The number of hydrogen-bond donors (Lipinski definition) is 3. The first-order valence-electron chi connectivity index (χ1n) is 6.54. The summed E-state index contributed by atoms with van der Waals surface area (Å²) < 4.78 is 0. The third kappa shape index (κ3) is 4.85. The number of nitrogen functional groups attached to an aromatic ring is 1. The number of halogens is 1. The summed E-state index contributed by atoms with van der Waals surface area (Å²) >= 11 is 0. The summed E-state index contributed by atoms with van der Waals surface area (Å²) in [4.78, 5) is 0. The van der Waals surface area contributed by atoms with Crippen LogP contribution in [0.1, 0.15) is 17.2 Å². The van der Waals surface area contributed by atoms with Crippen molar-refractivity contribution in [1.29, 1.82) is 0 Å². The van der Waals surface area contributed by atoms with E-state index in [4.69, 9.17) is 5.73 Å². The minimum absolute atomic E-state index is 0. The maximum Gasteiger partial charge on any atom is 0.0914 e. The van der Waals surface area contributed by atoms with E-state index in [1.165, 1.54) is 0 Å². The molecule has 108 valence electrons. The van der Waals surface area contributed by atoms with Crippen LogP contribution in [0.2, 0.25) is 0 Å². The number of hydrogen-bond acceptors (Lipinski definition) is 3. The van der Waals surface area contributed by atoms with Crippen molar-refractivity contribution >= 4 is 18.1 Å². The molecule has 0 saturated heterocycles. The smallest absolute Gasteiger partial charge is 0.0914 e. The van der Waals surface area contributed by atoms with E-state index in [1.807, 2.05) is 54.6 Å². The monoisotopic (exact) mass is 292 g/mol. The fourth-order valence-corrected chi connectivity index (χ4v) is 2.02. The van der Waals surface area contributed by atoms with Gasteiger partial charge in [-0.3, -0.25) is 0 Å². The van der Waals surface area contributed by atoms with Gasteiger partial charge in [-0.05, 0) is 30.2 Å². The zero-order valence-corrected chi connectivity index (χ0v) is 12.1. The van der Waals surface area contributed by atoms with Crippen molar-refractivity contribution in [2.24, 2.45) is 0 Å². The number of para-hydroxylation sites is 1.